The molecule has 0 bridgehead atoms. The monoisotopic (exact) mass is 355 g/mol. The highest BCUT2D eigenvalue weighted by Crippen LogP contribution is 2.34. The lowest BCUT2D eigenvalue weighted by Gasteiger charge is -2.37. The highest BCUT2D eigenvalue weighted by Gasteiger charge is 2.35. The van der Waals surface area contributed by atoms with Crippen molar-refractivity contribution in [3.05, 3.63) is 48.0 Å². The fraction of sp³-hybridized carbons (Fsp3) is 0.333. The van der Waals surface area contributed by atoms with Crippen LogP contribution in [0.2, 0.25) is 0 Å². The Morgan fingerprint density at radius 2 is 1.88 bits per heavy atom. The Balaban J connectivity index is 1.48. The first-order valence-corrected chi connectivity index (χ1v) is 8.52. The zero-order valence-corrected chi connectivity index (χ0v) is 14.1. The summed E-state index contributed by atoms with van der Waals surface area (Å²) >= 11 is 0. The number of carbonyl (C=O) groups is 2. The molecular formula is C18H18FN5O2. The van der Waals surface area contributed by atoms with Crippen LogP contribution in [-0.4, -0.2) is 52.9 Å². The molecule has 134 valence electrons. The minimum Gasteiger partial charge on any atom is -0.339 e. The zero-order chi connectivity index (χ0) is 18.1. The van der Waals surface area contributed by atoms with Gasteiger partial charge in [-0.3, -0.25) is 9.59 Å². The largest absolute Gasteiger partial charge is 0.339 e. The number of nitrogens with zero attached hydrogens (tertiary/aromatic N) is 4. The molecule has 1 N–H and O–H groups in total. The number of aromatic nitrogens is 2. The Morgan fingerprint density at radius 3 is 2.62 bits per heavy atom. The molecule has 2 aliphatic rings. The third-order valence-corrected chi connectivity index (χ3v) is 4.78. The summed E-state index contributed by atoms with van der Waals surface area (Å²) in [6, 6.07) is 5.93. The molecule has 3 heterocycles. The predicted molar refractivity (Wildman–Crippen MR) is 93.2 cm³/mol. The zero-order valence-electron chi connectivity index (χ0n) is 14.1. The van der Waals surface area contributed by atoms with E-state index in [1.165, 1.54) is 12.1 Å². The van der Waals surface area contributed by atoms with Crippen LogP contribution in [0.4, 0.5) is 16.0 Å². The van der Waals surface area contributed by atoms with E-state index in [2.05, 4.69) is 15.3 Å². The molecule has 2 aliphatic heterocycles. The first-order valence-electron chi connectivity index (χ1n) is 8.52. The Bertz CT molecular complexity index is 837. The fourth-order valence-corrected chi connectivity index (χ4v) is 3.46. The number of anilines is 2. The van der Waals surface area contributed by atoms with Gasteiger partial charge in [-0.1, -0.05) is 6.07 Å². The molecule has 1 aromatic heterocycles. The average Bonchev–Trinajstić information content (AvgIpc) is 2.67. The van der Waals surface area contributed by atoms with Crippen molar-refractivity contribution in [1.82, 2.24) is 14.9 Å². The molecule has 0 saturated carbocycles. The summed E-state index contributed by atoms with van der Waals surface area (Å²) in [5, 5.41) is 2.64. The fourth-order valence-electron chi connectivity index (χ4n) is 3.46. The molecule has 26 heavy (non-hydrogen) atoms. The van der Waals surface area contributed by atoms with Crippen molar-refractivity contribution in [3.63, 3.8) is 0 Å². The van der Waals surface area contributed by atoms with Gasteiger partial charge in [-0.05, 0) is 23.8 Å². The number of fused-ring (bicyclic) bond motifs is 1. The first kappa shape index (κ1) is 16.4. The number of carbonyl (C=O) groups excluding carboxylic acids is 2. The highest BCUT2D eigenvalue weighted by atomic mass is 19.1. The summed E-state index contributed by atoms with van der Waals surface area (Å²) in [5.41, 5.74) is 1.06. The Labute approximate surface area is 149 Å². The molecule has 0 radical (unpaired) electrons. The first-order chi connectivity index (χ1) is 12.6. The molecule has 0 spiro atoms. The molecule has 1 saturated heterocycles. The van der Waals surface area contributed by atoms with E-state index in [4.69, 9.17) is 0 Å². The summed E-state index contributed by atoms with van der Waals surface area (Å²) in [7, 11) is 0. The number of rotatable bonds is 2. The second-order valence-electron chi connectivity index (χ2n) is 6.40. The highest BCUT2D eigenvalue weighted by molar-refractivity contribution is 6.01. The van der Waals surface area contributed by atoms with E-state index in [0.29, 0.717) is 43.4 Å². The van der Waals surface area contributed by atoms with Crippen LogP contribution in [0.1, 0.15) is 17.9 Å². The van der Waals surface area contributed by atoms with Crippen LogP contribution in [0.5, 0.6) is 0 Å². The molecule has 0 unspecified atom stereocenters. The van der Waals surface area contributed by atoms with Gasteiger partial charge < -0.3 is 15.1 Å². The van der Waals surface area contributed by atoms with Crippen LogP contribution in [0.15, 0.2) is 36.7 Å². The Kier molecular flexibility index (Phi) is 4.24. The number of amides is 2. The van der Waals surface area contributed by atoms with Gasteiger partial charge in [0.05, 0.1) is 5.92 Å². The lowest BCUT2D eigenvalue weighted by Crippen LogP contribution is -2.51. The minimum absolute atomic E-state index is 0.0828. The van der Waals surface area contributed by atoms with E-state index in [1.807, 2.05) is 4.90 Å². The number of nitrogens with one attached hydrogen (secondary N) is 1. The van der Waals surface area contributed by atoms with Crippen LogP contribution in [0, 0.1) is 5.82 Å². The number of halogens is 1. The molecule has 8 heteroatoms. The SMILES string of the molecule is O=C1C[C@@H](C(=O)N2CCN(c3ncccn3)CC2)c2ccc(F)cc2N1. The van der Waals surface area contributed by atoms with Crippen molar-refractivity contribution in [2.45, 2.75) is 12.3 Å². The molecule has 2 aromatic rings. The Hall–Kier alpha value is -3.03. The molecule has 1 fully saturated rings. The maximum absolute atomic E-state index is 13.4. The van der Waals surface area contributed by atoms with Crippen molar-refractivity contribution in [2.75, 3.05) is 36.4 Å². The standard InChI is InChI=1S/C18H18FN5O2/c19-12-2-3-13-14(11-16(25)22-15(13)10-12)17(26)23-6-8-24(9-7-23)18-20-4-1-5-21-18/h1-5,10,14H,6-9,11H2,(H,22,25)/t14-/m1/s1. The molecule has 7 nitrogen and oxygen atoms in total. The molecule has 1 aromatic carbocycles. The van der Waals surface area contributed by atoms with Gasteiger partial charge in [0, 0.05) is 50.7 Å². The Morgan fingerprint density at radius 1 is 1.15 bits per heavy atom. The van der Waals surface area contributed by atoms with Gasteiger partial charge in [-0.15, -0.1) is 0 Å². The number of hydrogen-bond acceptors (Lipinski definition) is 5. The van der Waals surface area contributed by atoms with Gasteiger partial charge in [0.15, 0.2) is 0 Å². The van der Waals surface area contributed by atoms with E-state index in [0.717, 1.165) is 0 Å². The normalized spacial score (nSPS) is 19.7. The number of benzene rings is 1. The lowest BCUT2D eigenvalue weighted by molar-refractivity contribution is -0.135. The van der Waals surface area contributed by atoms with Crippen LogP contribution in [0.25, 0.3) is 0 Å². The van der Waals surface area contributed by atoms with Gasteiger partial charge in [-0.2, -0.15) is 0 Å². The molecule has 2 amide bonds. The van der Waals surface area contributed by atoms with Gasteiger partial charge in [0.1, 0.15) is 5.82 Å². The van der Waals surface area contributed by atoms with Crippen molar-refractivity contribution in [1.29, 1.82) is 0 Å². The third-order valence-electron chi connectivity index (χ3n) is 4.78. The van der Waals surface area contributed by atoms with Crippen LogP contribution in [-0.2, 0) is 9.59 Å². The van der Waals surface area contributed by atoms with Crippen molar-refractivity contribution in [3.8, 4) is 0 Å². The average molecular weight is 355 g/mol. The van der Waals surface area contributed by atoms with Crippen LogP contribution < -0.4 is 10.2 Å². The quantitative estimate of drug-likeness (QED) is 0.881. The molecule has 4 rings (SSSR count). The predicted octanol–water partition coefficient (Wildman–Crippen LogP) is 1.39. The van der Waals surface area contributed by atoms with Gasteiger partial charge in [0.25, 0.3) is 0 Å². The molecular weight excluding hydrogens is 337 g/mol. The third kappa shape index (κ3) is 3.10. The topological polar surface area (TPSA) is 78.4 Å². The maximum Gasteiger partial charge on any atom is 0.230 e. The van der Waals surface area contributed by atoms with Crippen molar-refractivity contribution < 1.29 is 14.0 Å². The van der Waals surface area contributed by atoms with E-state index in [1.54, 1.807) is 29.4 Å². The van der Waals surface area contributed by atoms with Gasteiger partial charge in [0.2, 0.25) is 17.8 Å². The summed E-state index contributed by atoms with van der Waals surface area (Å²) in [6.45, 7) is 2.33. The van der Waals surface area contributed by atoms with Gasteiger partial charge in [-0.25, -0.2) is 14.4 Å². The summed E-state index contributed by atoms with van der Waals surface area (Å²) in [4.78, 5) is 37.2. The second-order valence-corrected chi connectivity index (χ2v) is 6.40. The smallest absolute Gasteiger partial charge is 0.230 e. The lowest BCUT2D eigenvalue weighted by atomic mass is 9.89. The molecule has 0 aliphatic carbocycles. The van der Waals surface area contributed by atoms with Gasteiger partial charge >= 0.3 is 0 Å². The van der Waals surface area contributed by atoms with Crippen molar-refractivity contribution >= 4 is 23.5 Å². The summed E-state index contributed by atoms with van der Waals surface area (Å²) in [5.74, 6) is -0.718. The van der Waals surface area contributed by atoms with Crippen LogP contribution >= 0.6 is 0 Å². The number of hydrogen-bond donors (Lipinski definition) is 1. The van der Waals surface area contributed by atoms with E-state index in [-0.39, 0.29) is 18.2 Å². The van der Waals surface area contributed by atoms with E-state index in [9.17, 15) is 14.0 Å². The molecule has 1 atom stereocenters. The van der Waals surface area contributed by atoms with E-state index < -0.39 is 11.7 Å². The van der Waals surface area contributed by atoms with Crippen LogP contribution in [0.3, 0.4) is 0 Å². The number of piperazine rings is 1. The second kappa shape index (κ2) is 6.70. The maximum atomic E-state index is 13.4. The van der Waals surface area contributed by atoms with Crippen molar-refractivity contribution in [2.24, 2.45) is 0 Å². The summed E-state index contributed by atoms with van der Waals surface area (Å²) < 4.78 is 13.4. The minimum atomic E-state index is -0.570. The summed E-state index contributed by atoms with van der Waals surface area (Å²) in [6.07, 6.45) is 3.46. The van der Waals surface area contributed by atoms with E-state index >= 15 is 0 Å².